The van der Waals surface area contributed by atoms with Crippen molar-refractivity contribution in [2.75, 3.05) is 74.0 Å². The van der Waals surface area contributed by atoms with E-state index < -0.39 is 36.5 Å². The Bertz CT molecular complexity index is 2620. The number of pyridine rings is 1. The predicted molar refractivity (Wildman–Crippen MR) is 250 cm³/mol. The number of ether oxygens (including phenoxy) is 1. The van der Waals surface area contributed by atoms with Crippen molar-refractivity contribution in [3.63, 3.8) is 0 Å². The Morgan fingerprint density at radius 3 is 2.42 bits per heavy atom. The van der Waals surface area contributed by atoms with Gasteiger partial charge in [-0.3, -0.25) is 24.7 Å². The highest BCUT2D eigenvalue weighted by Gasteiger charge is 2.33. The number of fused-ring (bicyclic) bond motifs is 1. The van der Waals surface area contributed by atoms with Crippen molar-refractivity contribution in [2.45, 2.75) is 57.9 Å². The monoisotopic (exact) mass is 960 g/mol. The van der Waals surface area contributed by atoms with Crippen molar-refractivity contribution in [3.8, 4) is 5.75 Å². The maximum Gasteiger partial charge on any atom is 0.239 e. The molecule has 7 rings (SSSR count). The normalized spacial score (nSPS) is 15.8. The van der Waals surface area contributed by atoms with Crippen LogP contribution in [0, 0.1) is 18.6 Å². The van der Waals surface area contributed by atoms with Crippen LogP contribution in [-0.2, 0) is 25.4 Å². The first kappa shape index (κ1) is 46.3. The summed E-state index contributed by atoms with van der Waals surface area (Å²) in [6, 6.07) is 14.1. The van der Waals surface area contributed by atoms with Gasteiger partial charge in [-0.1, -0.05) is 13.0 Å². The van der Waals surface area contributed by atoms with Gasteiger partial charge in [-0.25, -0.2) is 13.8 Å². The molecule has 2 saturated heterocycles. The van der Waals surface area contributed by atoms with Gasteiger partial charge in [0.1, 0.15) is 30.3 Å². The Kier molecular flexibility index (Phi) is 14.5. The van der Waals surface area contributed by atoms with Crippen molar-refractivity contribution in [1.82, 2.24) is 30.9 Å². The van der Waals surface area contributed by atoms with Gasteiger partial charge in [-0.05, 0) is 104 Å². The van der Waals surface area contributed by atoms with E-state index in [1.54, 1.807) is 26.6 Å². The minimum Gasteiger partial charge on any atom is -0.494 e. The highest BCUT2D eigenvalue weighted by atomic mass is 79.9. The van der Waals surface area contributed by atoms with Gasteiger partial charge in [-0.15, -0.1) is 0 Å². The molecule has 338 valence electrons. The highest BCUT2D eigenvalue weighted by Crippen LogP contribution is 2.42. The number of nitrogens with zero attached hydrogens (tertiary/aromatic N) is 4. The summed E-state index contributed by atoms with van der Waals surface area (Å²) < 4.78 is 49.8. The molecular formula is C45H52BrF2N10O5P. The van der Waals surface area contributed by atoms with E-state index in [1.165, 1.54) is 0 Å². The van der Waals surface area contributed by atoms with Gasteiger partial charge in [0.2, 0.25) is 23.7 Å². The molecule has 1 unspecified atom stereocenters. The number of imide groups is 1. The van der Waals surface area contributed by atoms with Crippen LogP contribution in [0.2, 0.25) is 0 Å². The highest BCUT2D eigenvalue weighted by molar-refractivity contribution is 9.10. The second-order valence-electron chi connectivity index (χ2n) is 16.3. The number of hydrogen-bond donors (Lipinski definition) is 6. The van der Waals surface area contributed by atoms with Crippen molar-refractivity contribution in [3.05, 3.63) is 87.7 Å². The largest absolute Gasteiger partial charge is 0.494 e. The quantitative estimate of drug-likeness (QED) is 0.0338. The Morgan fingerprint density at radius 1 is 0.984 bits per heavy atom. The number of methoxy groups -OCH3 is 1. The van der Waals surface area contributed by atoms with Gasteiger partial charge in [0, 0.05) is 84.2 Å². The van der Waals surface area contributed by atoms with E-state index in [9.17, 15) is 27.7 Å². The number of benzene rings is 3. The third-order valence-corrected chi connectivity index (χ3v) is 13.5. The molecule has 0 spiro atoms. The zero-order valence-electron chi connectivity index (χ0n) is 36.3. The predicted octanol–water partition coefficient (Wildman–Crippen LogP) is 6.99. The molecule has 1 atom stereocenters. The van der Waals surface area contributed by atoms with E-state index in [0.29, 0.717) is 51.8 Å². The van der Waals surface area contributed by atoms with Crippen LogP contribution in [-0.4, -0.2) is 91.9 Å². The fraction of sp³-hybridized carbons (Fsp3) is 0.378. The molecule has 0 aliphatic carbocycles. The first-order valence-electron chi connectivity index (χ1n) is 21.2. The fourth-order valence-corrected chi connectivity index (χ4v) is 10.00. The molecule has 2 aliphatic heterocycles. The number of hydrogen-bond acceptors (Lipinski definition) is 13. The lowest BCUT2D eigenvalue weighted by Gasteiger charge is -2.35. The standard InChI is InChI=1S/C45H52BrF2N10O5P/c1-6-26-19-36(55-45-52-23-31(46)43(57-45)54-35-11-10-34-29(8-7-25(2)53-34)42(35)64(4,5)62)38(63-3)22-37(26)58-17-13-27(14-18-58)49-15-16-50-40(60)24-51-28-20-32(47)41(33(48)21-28)30-9-12-39(59)56-44(30)61/h7-8,10-11,19-23,27,30,49,51H,6,9,12-18,24H2,1-5H3,(H,50,60)(H,56,59,61)(H2,52,54,55,57). The summed E-state index contributed by atoms with van der Waals surface area (Å²) >= 11 is 3.59. The van der Waals surface area contributed by atoms with Crippen LogP contribution in [0.15, 0.2) is 59.2 Å². The third kappa shape index (κ3) is 10.8. The summed E-state index contributed by atoms with van der Waals surface area (Å²) in [7, 11) is -1.12. The Morgan fingerprint density at radius 2 is 1.73 bits per heavy atom. The van der Waals surface area contributed by atoms with Crippen LogP contribution in [0.25, 0.3) is 10.9 Å². The third-order valence-electron chi connectivity index (χ3n) is 11.4. The van der Waals surface area contributed by atoms with Crippen LogP contribution < -0.4 is 46.8 Å². The van der Waals surface area contributed by atoms with Gasteiger partial charge in [0.05, 0.1) is 40.9 Å². The average molecular weight is 962 g/mol. The minimum absolute atomic E-state index is 0.000969. The zero-order valence-corrected chi connectivity index (χ0v) is 38.8. The van der Waals surface area contributed by atoms with E-state index in [2.05, 4.69) is 75.7 Å². The number of anilines is 6. The second kappa shape index (κ2) is 20.0. The molecular weight excluding hydrogens is 909 g/mol. The van der Waals surface area contributed by atoms with Crippen LogP contribution in [0.5, 0.6) is 5.75 Å². The molecule has 0 saturated carbocycles. The van der Waals surface area contributed by atoms with Gasteiger partial charge >= 0.3 is 0 Å². The van der Waals surface area contributed by atoms with Gasteiger partial charge in [-0.2, -0.15) is 4.98 Å². The molecule has 19 heteroatoms. The van der Waals surface area contributed by atoms with Crippen molar-refractivity contribution < 1.29 is 32.5 Å². The minimum atomic E-state index is -2.75. The van der Waals surface area contributed by atoms with E-state index in [0.717, 1.165) is 72.3 Å². The fourth-order valence-electron chi connectivity index (χ4n) is 8.23. The summed E-state index contributed by atoms with van der Waals surface area (Å²) in [6.07, 6.45) is 4.23. The lowest BCUT2D eigenvalue weighted by molar-refractivity contribution is -0.134. The topological polar surface area (TPSA) is 192 Å². The maximum absolute atomic E-state index is 14.9. The SMILES string of the molecule is CCc1cc(Nc2ncc(Br)c(Nc3ccc4nc(C)ccc4c3P(C)(C)=O)n2)c(OC)cc1N1CCC(NCCNC(=O)CNc2cc(F)c(C3CCC(=O)NC3=O)c(F)c2)CC1. The lowest BCUT2D eigenvalue weighted by Crippen LogP contribution is -2.45. The van der Waals surface area contributed by atoms with Crippen LogP contribution in [0.3, 0.4) is 0 Å². The Hall–Kier alpha value is -5.71. The van der Waals surface area contributed by atoms with E-state index in [-0.39, 0.29) is 42.6 Å². The molecule has 0 radical (unpaired) electrons. The lowest BCUT2D eigenvalue weighted by atomic mass is 9.89. The summed E-state index contributed by atoms with van der Waals surface area (Å²) in [4.78, 5) is 52.4. The van der Waals surface area contributed by atoms with Crippen molar-refractivity contribution in [1.29, 1.82) is 0 Å². The second-order valence-corrected chi connectivity index (χ2v) is 20.3. The van der Waals surface area contributed by atoms with Crippen LogP contribution in [0.1, 0.15) is 55.3 Å². The van der Waals surface area contributed by atoms with Crippen molar-refractivity contribution >= 4 is 91.5 Å². The first-order chi connectivity index (χ1) is 30.6. The van der Waals surface area contributed by atoms with E-state index in [1.807, 2.05) is 37.3 Å². The number of piperidine rings is 2. The number of carbonyl (C=O) groups excluding carboxylic acids is 3. The number of aryl methyl sites for hydroxylation is 2. The number of carbonyl (C=O) groups is 3. The van der Waals surface area contributed by atoms with Gasteiger partial charge < -0.3 is 40.8 Å². The molecule has 6 N–H and O–H groups in total. The average Bonchev–Trinajstić information content (AvgIpc) is 3.25. The van der Waals surface area contributed by atoms with Crippen LogP contribution >= 0.6 is 23.1 Å². The number of rotatable bonds is 16. The van der Waals surface area contributed by atoms with Crippen LogP contribution in [0.4, 0.5) is 43.3 Å². The molecule has 2 fully saturated rings. The van der Waals surface area contributed by atoms with E-state index >= 15 is 0 Å². The molecule has 4 heterocycles. The molecule has 2 aliphatic rings. The number of nitrogens with one attached hydrogen (secondary N) is 6. The summed E-state index contributed by atoms with van der Waals surface area (Å²) in [5.74, 6) is -3.00. The zero-order chi connectivity index (χ0) is 45.7. The number of halogens is 3. The van der Waals surface area contributed by atoms with Gasteiger partial charge in [0.15, 0.2) is 0 Å². The summed E-state index contributed by atoms with van der Waals surface area (Å²) in [6.45, 7) is 9.87. The molecule has 15 nitrogen and oxygen atoms in total. The molecule has 0 bridgehead atoms. The maximum atomic E-state index is 14.9. The molecule has 5 aromatic rings. The smallest absolute Gasteiger partial charge is 0.239 e. The number of amides is 3. The molecule has 3 aromatic carbocycles. The Balaban J connectivity index is 0.911. The van der Waals surface area contributed by atoms with Crippen molar-refractivity contribution in [2.24, 2.45) is 0 Å². The van der Waals surface area contributed by atoms with E-state index in [4.69, 9.17) is 9.72 Å². The summed E-state index contributed by atoms with van der Waals surface area (Å²) in [5.41, 5.74) is 4.94. The summed E-state index contributed by atoms with van der Waals surface area (Å²) in [5, 5.41) is 19.5. The molecule has 3 amide bonds. The van der Waals surface area contributed by atoms with Gasteiger partial charge in [0.25, 0.3) is 0 Å². The first-order valence-corrected chi connectivity index (χ1v) is 24.6. The molecule has 64 heavy (non-hydrogen) atoms. The Labute approximate surface area is 378 Å². The molecule has 2 aromatic heterocycles. The number of aromatic nitrogens is 3.